The van der Waals surface area contributed by atoms with Gasteiger partial charge in [-0.15, -0.1) is 11.3 Å². The number of fused-ring (bicyclic) bond motifs is 1. The van der Waals surface area contributed by atoms with Gasteiger partial charge in [0.1, 0.15) is 17.3 Å². The van der Waals surface area contributed by atoms with Crippen LogP contribution in [0.4, 0.5) is 0 Å². The Kier molecular flexibility index (Phi) is 4.68. The largest absolute Gasteiger partial charge is 0.454 e. The van der Waals surface area contributed by atoms with Crippen molar-refractivity contribution in [2.24, 2.45) is 0 Å². The van der Waals surface area contributed by atoms with E-state index in [4.69, 9.17) is 4.74 Å². The van der Waals surface area contributed by atoms with Gasteiger partial charge >= 0.3 is 5.97 Å². The molecule has 2 heterocycles. The van der Waals surface area contributed by atoms with Crippen molar-refractivity contribution in [1.29, 1.82) is 0 Å². The average molecular weight is 392 g/mol. The fourth-order valence-electron chi connectivity index (χ4n) is 2.54. The van der Waals surface area contributed by atoms with Crippen molar-refractivity contribution in [2.45, 2.75) is 25.3 Å². The first-order valence-electron chi connectivity index (χ1n) is 7.63. The lowest BCUT2D eigenvalue weighted by Crippen LogP contribution is -2.15. The SMILES string of the molecule is Cc1sc2nc(COC(=O)c3ccccc3S(C)(=O)=O)[nH]c(=O)c2c1C. The molecule has 0 unspecified atom stereocenters. The van der Waals surface area contributed by atoms with E-state index in [1.54, 1.807) is 6.07 Å². The number of ether oxygens (including phenoxy) is 1. The molecule has 7 nitrogen and oxygen atoms in total. The van der Waals surface area contributed by atoms with E-state index >= 15 is 0 Å². The highest BCUT2D eigenvalue weighted by molar-refractivity contribution is 7.90. The van der Waals surface area contributed by atoms with Gasteiger partial charge in [0.2, 0.25) is 0 Å². The highest BCUT2D eigenvalue weighted by Gasteiger charge is 2.20. The van der Waals surface area contributed by atoms with Crippen LogP contribution in [0, 0.1) is 13.8 Å². The van der Waals surface area contributed by atoms with Crippen LogP contribution in [0.3, 0.4) is 0 Å². The molecule has 9 heteroatoms. The van der Waals surface area contributed by atoms with Crippen molar-refractivity contribution in [1.82, 2.24) is 9.97 Å². The summed E-state index contributed by atoms with van der Waals surface area (Å²) in [6, 6.07) is 5.80. The van der Waals surface area contributed by atoms with Crippen LogP contribution in [-0.2, 0) is 21.2 Å². The van der Waals surface area contributed by atoms with Crippen LogP contribution < -0.4 is 5.56 Å². The molecule has 0 radical (unpaired) electrons. The zero-order chi connectivity index (χ0) is 19.1. The first-order valence-corrected chi connectivity index (χ1v) is 10.3. The van der Waals surface area contributed by atoms with Crippen molar-refractivity contribution in [3.8, 4) is 0 Å². The Hall–Kier alpha value is -2.52. The molecular weight excluding hydrogens is 376 g/mol. The summed E-state index contributed by atoms with van der Waals surface area (Å²) in [5.74, 6) is -0.596. The Labute approximate surface area is 153 Å². The molecule has 1 N–H and O–H groups in total. The van der Waals surface area contributed by atoms with E-state index in [0.29, 0.717) is 10.2 Å². The molecule has 3 rings (SSSR count). The Morgan fingerprint density at radius 1 is 1.27 bits per heavy atom. The van der Waals surface area contributed by atoms with Crippen molar-refractivity contribution in [3.05, 3.63) is 56.4 Å². The molecular formula is C17H16N2O5S2. The Morgan fingerprint density at radius 3 is 2.65 bits per heavy atom. The predicted octanol–water partition coefficient (Wildman–Crippen LogP) is 2.36. The quantitative estimate of drug-likeness (QED) is 0.683. The number of sulfone groups is 1. The number of hydrogen-bond acceptors (Lipinski definition) is 7. The summed E-state index contributed by atoms with van der Waals surface area (Å²) >= 11 is 1.39. The minimum Gasteiger partial charge on any atom is -0.454 e. The molecule has 0 amide bonds. The molecule has 0 aliphatic heterocycles. The number of aromatic nitrogens is 2. The van der Waals surface area contributed by atoms with Gasteiger partial charge in [0.15, 0.2) is 9.84 Å². The number of thiophene rings is 1. The molecule has 0 atom stereocenters. The van der Waals surface area contributed by atoms with Crippen LogP contribution in [0.1, 0.15) is 26.6 Å². The zero-order valence-corrected chi connectivity index (χ0v) is 16.0. The standard InChI is InChI=1S/C17H16N2O5S2/c1-9-10(2)25-16-14(9)15(20)18-13(19-16)8-24-17(21)11-6-4-5-7-12(11)26(3,22)23/h4-7H,8H2,1-3H3,(H,18,19,20). The maximum absolute atomic E-state index is 12.3. The van der Waals surface area contributed by atoms with E-state index in [0.717, 1.165) is 16.7 Å². The van der Waals surface area contributed by atoms with Gasteiger partial charge in [-0.1, -0.05) is 12.1 Å². The number of hydrogen-bond donors (Lipinski definition) is 1. The number of carbonyl (C=O) groups excluding carboxylic acids is 1. The average Bonchev–Trinajstić information content (AvgIpc) is 2.86. The summed E-state index contributed by atoms with van der Waals surface area (Å²) in [5.41, 5.74) is 0.532. The van der Waals surface area contributed by atoms with E-state index < -0.39 is 15.8 Å². The molecule has 1 aromatic carbocycles. The van der Waals surface area contributed by atoms with Crippen LogP contribution in [-0.4, -0.2) is 30.6 Å². The third-order valence-electron chi connectivity index (χ3n) is 3.93. The molecule has 0 saturated carbocycles. The summed E-state index contributed by atoms with van der Waals surface area (Å²) in [4.78, 5) is 32.9. The van der Waals surface area contributed by atoms with E-state index in [9.17, 15) is 18.0 Å². The fraction of sp³-hybridized carbons (Fsp3) is 0.235. The second-order valence-corrected chi connectivity index (χ2v) is 9.01. The molecule has 0 bridgehead atoms. The molecule has 0 spiro atoms. The lowest BCUT2D eigenvalue weighted by atomic mass is 10.2. The topological polar surface area (TPSA) is 106 Å². The van der Waals surface area contributed by atoms with Crippen LogP contribution in [0.25, 0.3) is 10.2 Å². The molecule has 3 aromatic rings. The van der Waals surface area contributed by atoms with E-state index in [2.05, 4.69) is 9.97 Å². The summed E-state index contributed by atoms with van der Waals surface area (Å²) in [6.45, 7) is 3.49. The van der Waals surface area contributed by atoms with E-state index in [-0.39, 0.29) is 28.4 Å². The predicted molar refractivity (Wildman–Crippen MR) is 98.4 cm³/mol. The van der Waals surface area contributed by atoms with Crippen LogP contribution >= 0.6 is 11.3 Å². The fourth-order valence-corrected chi connectivity index (χ4v) is 4.46. The van der Waals surface area contributed by atoms with Gasteiger partial charge in [-0.05, 0) is 31.5 Å². The minimum absolute atomic E-state index is 0.0544. The lowest BCUT2D eigenvalue weighted by molar-refractivity contribution is 0.0458. The number of H-pyrrole nitrogens is 1. The van der Waals surface area contributed by atoms with Gasteiger partial charge in [-0.2, -0.15) is 0 Å². The van der Waals surface area contributed by atoms with Gasteiger partial charge in [0.05, 0.1) is 15.8 Å². The van der Waals surface area contributed by atoms with Gasteiger partial charge in [-0.25, -0.2) is 18.2 Å². The number of benzene rings is 1. The number of nitrogens with zero attached hydrogens (tertiary/aromatic N) is 1. The highest BCUT2D eigenvalue weighted by atomic mass is 32.2. The Balaban J connectivity index is 1.87. The van der Waals surface area contributed by atoms with Crippen LogP contribution in [0.15, 0.2) is 34.0 Å². The van der Waals surface area contributed by atoms with Gasteiger partial charge in [0.25, 0.3) is 5.56 Å². The molecule has 0 fully saturated rings. The Morgan fingerprint density at radius 2 is 1.96 bits per heavy atom. The van der Waals surface area contributed by atoms with Crippen molar-refractivity contribution in [2.75, 3.05) is 6.26 Å². The first-order chi connectivity index (χ1) is 12.2. The van der Waals surface area contributed by atoms with E-state index in [1.807, 2.05) is 13.8 Å². The second-order valence-electron chi connectivity index (χ2n) is 5.82. The number of carbonyl (C=O) groups is 1. The number of rotatable bonds is 4. The van der Waals surface area contributed by atoms with Gasteiger partial charge in [-0.3, -0.25) is 4.79 Å². The number of aryl methyl sites for hydroxylation is 2. The van der Waals surface area contributed by atoms with Crippen molar-refractivity contribution >= 4 is 37.4 Å². The summed E-state index contributed by atoms with van der Waals surface area (Å²) in [7, 11) is -3.57. The number of esters is 1. The molecule has 26 heavy (non-hydrogen) atoms. The molecule has 2 aromatic heterocycles. The highest BCUT2D eigenvalue weighted by Crippen LogP contribution is 2.25. The smallest absolute Gasteiger partial charge is 0.339 e. The zero-order valence-electron chi connectivity index (χ0n) is 14.3. The van der Waals surface area contributed by atoms with E-state index in [1.165, 1.54) is 29.5 Å². The Bertz CT molecular complexity index is 1180. The third kappa shape index (κ3) is 3.40. The van der Waals surface area contributed by atoms with Gasteiger partial charge in [0, 0.05) is 11.1 Å². The minimum atomic E-state index is -3.57. The molecule has 136 valence electrons. The van der Waals surface area contributed by atoms with Crippen molar-refractivity contribution in [3.63, 3.8) is 0 Å². The second kappa shape index (κ2) is 6.65. The summed E-state index contributed by atoms with van der Waals surface area (Å²) in [6.07, 6.45) is 1.02. The maximum atomic E-state index is 12.3. The number of aromatic amines is 1. The number of nitrogens with one attached hydrogen (secondary N) is 1. The van der Waals surface area contributed by atoms with Crippen molar-refractivity contribution < 1.29 is 17.9 Å². The molecule has 0 aliphatic carbocycles. The molecule has 0 aliphatic rings. The van der Waals surface area contributed by atoms with Crippen LogP contribution in [0.5, 0.6) is 0 Å². The maximum Gasteiger partial charge on any atom is 0.339 e. The summed E-state index contributed by atoms with van der Waals surface area (Å²) < 4.78 is 28.7. The van der Waals surface area contributed by atoms with Gasteiger partial charge < -0.3 is 9.72 Å². The molecule has 0 saturated heterocycles. The monoisotopic (exact) mass is 392 g/mol. The lowest BCUT2D eigenvalue weighted by Gasteiger charge is -2.08. The first kappa shape index (κ1) is 18.3. The normalized spacial score (nSPS) is 11.7. The third-order valence-corrected chi connectivity index (χ3v) is 6.19. The summed E-state index contributed by atoms with van der Waals surface area (Å²) in [5, 5.41) is 0.532. The van der Waals surface area contributed by atoms with Crippen LogP contribution in [0.2, 0.25) is 0 Å².